The summed E-state index contributed by atoms with van der Waals surface area (Å²) in [6.07, 6.45) is 9.17. The second-order valence-corrected chi connectivity index (χ2v) is 5.59. The van der Waals surface area contributed by atoms with E-state index in [1.165, 1.54) is 37.3 Å². The number of allylic oxidation sites excluding steroid dienone is 1. The molecule has 3 heteroatoms. The Bertz CT molecular complexity index is 456. The van der Waals surface area contributed by atoms with E-state index in [0.717, 1.165) is 18.4 Å². The van der Waals surface area contributed by atoms with Gasteiger partial charge in [-0.15, -0.1) is 0 Å². The van der Waals surface area contributed by atoms with E-state index in [-0.39, 0.29) is 10.8 Å². The van der Waals surface area contributed by atoms with Gasteiger partial charge in [-0.25, -0.2) is 4.39 Å². The standard InChI is InChI=1S/C16H21ClFN/c1-19-14(10-12-6-3-2-4-7-12)11-13-8-5-9-15(18)16(13)17/h5-6,8-9,14,19H,2-4,7,10-11H2,1H3. The van der Waals surface area contributed by atoms with Crippen LogP contribution >= 0.6 is 11.6 Å². The van der Waals surface area contributed by atoms with Crippen LogP contribution in [0.2, 0.25) is 5.02 Å². The minimum Gasteiger partial charge on any atom is -0.316 e. The molecule has 0 bridgehead atoms. The zero-order chi connectivity index (χ0) is 13.7. The van der Waals surface area contributed by atoms with Gasteiger partial charge in [0.1, 0.15) is 5.82 Å². The highest BCUT2D eigenvalue weighted by Crippen LogP contribution is 2.25. The molecule has 0 amide bonds. The predicted octanol–water partition coefficient (Wildman–Crippen LogP) is 4.50. The molecule has 0 saturated heterocycles. The van der Waals surface area contributed by atoms with Crippen LogP contribution < -0.4 is 5.32 Å². The Morgan fingerprint density at radius 3 is 2.84 bits per heavy atom. The van der Waals surface area contributed by atoms with Crippen LogP contribution in [0.1, 0.15) is 37.7 Å². The zero-order valence-electron chi connectivity index (χ0n) is 11.4. The molecule has 1 atom stereocenters. The van der Waals surface area contributed by atoms with Gasteiger partial charge in [-0.05, 0) is 57.2 Å². The lowest BCUT2D eigenvalue weighted by Gasteiger charge is -2.21. The van der Waals surface area contributed by atoms with E-state index in [1.54, 1.807) is 6.07 Å². The van der Waals surface area contributed by atoms with Crippen molar-refractivity contribution in [2.45, 2.75) is 44.6 Å². The van der Waals surface area contributed by atoms with Gasteiger partial charge in [0.2, 0.25) is 0 Å². The van der Waals surface area contributed by atoms with Gasteiger partial charge in [0.15, 0.2) is 0 Å². The Morgan fingerprint density at radius 1 is 1.32 bits per heavy atom. The maximum atomic E-state index is 13.4. The van der Waals surface area contributed by atoms with Crippen molar-refractivity contribution in [2.75, 3.05) is 7.05 Å². The quantitative estimate of drug-likeness (QED) is 0.784. The molecule has 0 radical (unpaired) electrons. The lowest BCUT2D eigenvalue weighted by Crippen LogP contribution is -2.28. The van der Waals surface area contributed by atoms with Crippen LogP contribution in [0.3, 0.4) is 0 Å². The Morgan fingerprint density at radius 2 is 2.16 bits per heavy atom. The third-order valence-electron chi connectivity index (χ3n) is 3.80. The van der Waals surface area contributed by atoms with Gasteiger partial charge >= 0.3 is 0 Å². The molecule has 1 nitrogen and oxygen atoms in total. The van der Waals surface area contributed by atoms with Crippen molar-refractivity contribution in [3.05, 3.63) is 46.3 Å². The Balaban J connectivity index is 2.02. The van der Waals surface area contributed by atoms with Gasteiger partial charge in [-0.1, -0.05) is 35.4 Å². The van der Waals surface area contributed by atoms with Crippen LogP contribution in [0.4, 0.5) is 4.39 Å². The second-order valence-electron chi connectivity index (χ2n) is 5.21. The Kier molecular flexibility index (Phi) is 5.41. The number of halogens is 2. The van der Waals surface area contributed by atoms with E-state index >= 15 is 0 Å². The lowest BCUT2D eigenvalue weighted by atomic mass is 9.92. The first-order valence-electron chi connectivity index (χ1n) is 6.98. The highest BCUT2D eigenvalue weighted by molar-refractivity contribution is 6.31. The van der Waals surface area contributed by atoms with Crippen LogP contribution in [0.15, 0.2) is 29.8 Å². The molecule has 104 valence electrons. The number of nitrogens with one attached hydrogen (secondary N) is 1. The van der Waals surface area contributed by atoms with E-state index in [0.29, 0.717) is 6.04 Å². The van der Waals surface area contributed by atoms with Gasteiger partial charge in [0.05, 0.1) is 5.02 Å². The molecule has 0 saturated carbocycles. The van der Waals surface area contributed by atoms with E-state index < -0.39 is 0 Å². The van der Waals surface area contributed by atoms with Crippen molar-refractivity contribution in [3.8, 4) is 0 Å². The van der Waals surface area contributed by atoms with Gasteiger partial charge in [0.25, 0.3) is 0 Å². The van der Waals surface area contributed by atoms with Crippen LogP contribution in [0.25, 0.3) is 0 Å². The SMILES string of the molecule is CNC(CC1=CCCCC1)Cc1cccc(F)c1Cl. The minimum absolute atomic E-state index is 0.264. The molecule has 1 aromatic carbocycles. The molecule has 1 aliphatic carbocycles. The predicted molar refractivity (Wildman–Crippen MR) is 79.1 cm³/mol. The maximum absolute atomic E-state index is 13.4. The summed E-state index contributed by atoms with van der Waals surface area (Å²) in [7, 11) is 1.96. The summed E-state index contributed by atoms with van der Waals surface area (Å²) in [5.41, 5.74) is 2.41. The number of hydrogen-bond acceptors (Lipinski definition) is 1. The number of rotatable bonds is 5. The molecule has 0 fully saturated rings. The summed E-state index contributed by atoms with van der Waals surface area (Å²) in [6.45, 7) is 0. The van der Waals surface area contributed by atoms with Crippen molar-refractivity contribution < 1.29 is 4.39 Å². The normalized spacial score (nSPS) is 17.1. The summed E-state index contributed by atoms with van der Waals surface area (Å²) in [5.74, 6) is -0.328. The lowest BCUT2D eigenvalue weighted by molar-refractivity contribution is 0.530. The van der Waals surface area contributed by atoms with E-state index in [2.05, 4.69) is 11.4 Å². The molecular weight excluding hydrogens is 261 g/mol. The van der Waals surface area contributed by atoms with E-state index in [4.69, 9.17) is 11.6 Å². The molecule has 1 N–H and O–H groups in total. The summed E-state index contributed by atoms with van der Waals surface area (Å²) in [4.78, 5) is 0. The summed E-state index contributed by atoms with van der Waals surface area (Å²) in [6, 6.07) is 5.36. The monoisotopic (exact) mass is 281 g/mol. The van der Waals surface area contributed by atoms with Crippen molar-refractivity contribution in [2.24, 2.45) is 0 Å². The van der Waals surface area contributed by atoms with E-state index in [1.807, 2.05) is 13.1 Å². The van der Waals surface area contributed by atoms with Crippen molar-refractivity contribution in [3.63, 3.8) is 0 Å². The molecule has 1 aromatic rings. The fourth-order valence-corrected chi connectivity index (χ4v) is 2.86. The summed E-state index contributed by atoms with van der Waals surface area (Å²) in [5, 5.41) is 3.59. The smallest absolute Gasteiger partial charge is 0.142 e. The second kappa shape index (κ2) is 7.06. The van der Waals surface area contributed by atoms with Crippen LogP contribution in [-0.4, -0.2) is 13.1 Å². The van der Waals surface area contributed by atoms with Gasteiger partial charge < -0.3 is 5.32 Å². The molecule has 2 rings (SSSR count). The molecule has 0 spiro atoms. The first-order chi connectivity index (χ1) is 9.20. The third-order valence-corrected chi connectivity index (χ3v) is 4.22. The first-order valence-corrected chi connectivity index (χ1v) is 7.36. The highest BCUT2D eigenvalue weighted by Gasteiger charge is 2.14. The first kappa shape index (κ1) is 14.5. The molecule has 0 heterocycles. The molecule has 19 heavy (non-hydrogen) atoms. The number of hydrogen-bond donors (Lipinski definition) is 1. The molecule has 1 aliphatic rings. The van der Waals surface area contributed by atoms with Gasteiger partial charge in [-0.3, -0.25) is 0 Å². The van der Waals surface area contributed by atoms with Crippen LogP contribution in [0, 0.1) is 5.82 Å². The van der Waals surface area contributed by atoms with Gasteiger partial charge in [0, 0.05) is 6.04 Å². The van der Waals surface area contributed by atoms with Crippen molar-refractivity contribution >= 4 is 11.6 Å². The number of likely N-dealkylation sites (N-methyl/N-ethyl adjacent to an activating group) is 1. The third kappa shape index (κ3) is 4.05. The topological polar surface area (TPSA) is 12.0 Å². The Labute approximate surface area is 119 Å². The highest BCUT2D eigenvalue weighted by atomic mass is 35.5. The van der Waals surface area contributed by atoms with Crippen LogP contribution in [0.5, 0.6) is 0 Å². The average molecular weight is 282 g/mol. The fraction of sp³-hybridized carbons (Fsp3) is 0.500. The van der Waals surface area contributed by atoms with Crippen molar-refractivity contribution in [1.29, 1.82) is 0 Å². The van der Waals surface area contributed by atoms with Crippen LogP contribution in [-0.2, 0) is 6.42 Å². The molecule has 0 aromatic heterocycles. The summed E-state index contributed by atoms with van der Waals surface area (Å²) < 4.78 is 13.4. The molecule has 0 aliphatic heterocycles. The summed E-state index contributed by atoms with van der Waals surface area (Å²) >= 11 is 6.02. The van der Waals surface area contributed by atoms with Gasteiger partial charge in [-0.2, -0.15) is 0 Å². The molecular formula is C16H21ClFN. The van der Waals surface area contributed by atoms with E-state index in [9.17, 15) is 4.39 Å². The largest absolute Gasteiger partial charge is 0.316 e. The Hall–Kier alpha value is -0.860. The average Bonchev–Trinajstić information content (AvgIpc) is 2.44. The number of benzene rings is 1. The molecule has 1 unspecified atom stereocenters. The zero-order valence-corrected chi connectivity index (χ0v) is 12.1. The minimum atomic E-state index is -0.328. The maximum Gasteiger partial charge on any atom is 0.142 e. The van der Waals surface area contributed by atoms with Crippen molar-refractivity contribution in [1.82, 2.24) is 5.32 Å². The fourth-order valence-electron chi connectivity index (χ4n) is 2.65.